The van der Waals surface area contributed by atoms with Crippen molar-refractivity contribution in [2.45, 2.75) is 6.55 Å². The summed E-state index contributed by atoms with van der Waals surface area (Å²) in [6, 6.07) is 24.2. The zero-order chi connectivity index (χ0) is 17.9. The fraction of sp³-hybridized carbons (Fsp3) is 0.130. The predicted octanol–water partition coefficient (Wildman–Crippen LogP) is 5.31. The first-order valence-corrected chi connectivity index (χ1v) is 11.2. The summed E-state index contributed by atoms with van der Waals surface area (Å²) in [5.41, 5.74) is 0. The molecule has 0 saturated carbocycles. The predicted molar refractivity (Wildman–Crippen MR) is 113 cm³/mol. The van der Waals surface area contributed by atoms with E-state index in [-0.39, 0.29) is 0 Å². The van der Waals surface area contributed by atoms with Crippen LogP contribution in [0.4, 0.5) is 0 Å². The molecule has 0 unspecified atom stereocenters. The zero-order valence-corrected chi connectivity index (χ0v) is 16.2. The van der Waals surface area contributed by atoms with Crippen molar-refractivity contribution in [3.05, 3.63) is 66.7 Å². The highest BCUT2D eigenvalue weighted by molar-refractivity contribution is 6.82. The van der Waals surface area contributed by atoms with Gasteiger partial charge in [0.05, 0.1) is 0 Å². The van der Waals surface area contributed by atoms with E-state index in [1.807, 2.05) is 0 Å². The van der Waals surface area contributed by atoms with Crippen molar-refractivity contribution in [1.82, 2.24) is 0 Å². The van der Waals surface area contributed by atoms with Gasteiger partial charge in [-0.1, -0.05) is 66.7 Å². The number of benzene rings is 5. The SMILES string of the molecule is CO[Si](C)(OC)c1ccc2c3cccc4cccc(c5cccc1c52)c43. The van der Waals surface area contributed by atoms with E-state index in [1.165, 1.54) is 48.3 Å². The zero-order valence-electron chi connectivity index (χ0n) is 15.2. The van der Waals surface area contributed by atoms with E-state index in [4.69, 9.17) is 8.85 Å². The van der Waals surface area contributed by atoms with Crippen LogP contribution in [0.3, 0.4) is 0 Å². The van der Waals surface area contributed by atoms with Gasteiger partial charge in [0.15, 0.2) is 0 Å². The first-order valence-electron chi connectivity index (χ1n) is 8.87. The summed E-state index contributed by atoms with van der Waals surface area (Å²) in [7, 11) is 1.08. The van der Waals surface area contributed by atoms with Gasteiger partial charge in [-0.25, -0.2) is 0 Å². The van der Waals surface area contributed by atoms with Gasteiger partial charge in [-0.2, -0.15) is 0 Å². The van der Waals surface area contributed by atoms with E-state index >= 15 is 0 Å². The van der Waals surface area contributed by atoms with Crippen molar-refractivity contribution in [2.24, 2.45) is 0 Å². The normalized spacial score (nSPS) is 12.7. The van der Waals surface area contributed by atoms with E-state index in [9.17, 15) is 0 Å². The Morgan fingerprint density at radius 2 is 1.08 bits per heavy atom. The Hall–Kier alpha value is -2.46. The second-order valence-corrected chi connectivity index (χ2v) is 10.2. The first kappa shape index (κ1) is 15.8. The minimum atomic E-state index is -2.43. The standard InChI is InChI=1S/C23H20O2Si/c1-24-26(3,25-2)21-14-13-19-17-10-5-8-15-7-4-9-16(22(15)17)18-11-6-12-20(21)23(18)19/h4-14H,1-3H3. The van der Waals surface area contributed by atoms with Crippen LogP contribution in [0.1, 0.15) is 0 Å². The molecular formula is C23H20O2Si. The van der Waals surface area contributed by atoms with Crippen molar-refractivity contribution >= 4 is 56.8 Å². The van der Waals surface area contributed by atoms with Gasteiger partial charge in [-0.3, -0.25) is 0 Å². The van der Waals surface area contributed by atoms with E-state index in [0.29, 0.717) is 0 Å². The largest absolute Gasteiger partial charge is 0.394 e. The number of fused-ring (bicyclic) bond motifs is 2. The fourth-order valence-corrected chi connectivity index (χ4v) is 6.03. The van der Waals surface area contributed by atoms with E-state index in [0.717, 1.165) is 0 Å². The molecule has 128 valence electrons. The Morgan fingerprint density at radius 3 is 1.69 bits per heavy atom. The lowest BCUT2D eigenvalue weighted by Gasteiger charge is -2.26. The number of hydrogen-bond acceptors (Lipinski definition) is 2. The average Bonchev–Trinajstić information content (AvgIpc) is 2.71. The third kappa shape index (κ3) is 1.93. The maximum atomic E-state index is 5.86. The maximum Gasteiger partial charge on any atom is 0.369 e. The van der Waals surface area contributed by atoms with Crippen LogP contribution in [0.2, 0.25) is 6.55 Å². The van der Waals surface area contributed by atoms with Crippen LogP contribution in [-0.2, 0) is 8.85 Å². The summed E-state index contributed by atoms with van der Waals surface area (Å²) in [6.07, 6.45) is 0. The molecule has 26 heavy (non-hydrogen) atoms. The molecule has 5 aromatic rings. The third-order valence-electron chi connectivity index (χ3n) is 5.79. The van der Waals surface area contributed by atoms with Crippen molar-refractivity contribution < 1.29 is 8.85 Å². The van der Waals surface area contributed by atoms with Crippen LogP contribution in [0.15, 0.2) is 66.7 Å². The van der Waals surface area contributed by atoms with Crippen molar-refractivity contribution in [2.75, 3.05) is 14.2 Å². The molecule has 0 amide bonds. The van der Waals surface area contributed by atoms with E-state index in [1.54, 1.807) is 14.2 Å². The Morgan fingerprint density at radius 1 is 0.577 bits per heavy atom. The summed E-state index contributed by atoms with van der Waals surface area (Å²) in [6.45, 7) is 2.11. The number of hydrogen-bond donors (Lipinski definition) is 0. The van der Waals surface area contributed by atoms with Gasteiger partial charge in [0.2, 0.25) is 0 Å². The smallest absolute Gasteiger partial charge is 0.369 e. The van der Waals surface area contributed by atoms with Gasteiger partial charge in [0, 0.05) is 19.4 Å². The highest BCUT2D eigenvalue weighted by Crippen LogP contribution is 2.39. The second-order valence-electron chi connectivity index (χ2n) is 6.95. The van der Waals surface area contributed by atoms with Crippen LogP contribution < -0.4 is 5.19 Å². The lowest BCUT2D eigenvalue weighted by atomic mass is 9.90. The van der Waals surface area contributed by atoms with Crippen molar-refractivity contribution in [3.63, 3.8) is 0 Å². The summed E-state index contributed by atoms with van der Waals surface area (Å²) in [5, 5.41) is 11.6. The molecule has 0 aromatic heterocycles. The molecule has 0 aliphatic heterocycles. The highest BCUT2D eigenvalue weighted by atomic mass is 28.4. The molecule has 5 aromatic carbocycles. The van der Waals surface area contributed by atoms with Gasteiger partial charge in [0.25, 0.3) is 0 Å². The van der Waals surface area contributed by atoms with Crippen LogP contribution >= 0.6 is 0 Å². The second kappa shape index (κ2) is 5.51. The summed E-state index contributed by atoms with van der Waals surface area (Å²) >= 11 is 0. The Kier molecular flexibility index (Phi) is 3.34. The molecule has 0 aliphatic rings. The highest BCUT2D eigenvalue weighted by Gasteiger charge is 2.34. The molecule has 5 rings (SSSR count). The van der Waals surface area contributed by atoms with Gasteiger partial charge < -0.3 is 8.85 Å². The molecule has 0 spiro atoms. The quantitative estimate of drug-likeness (QED) is 0.248. The monoisotopic (exact) mass is 356 g/mol. The molecule has 2 nitrogen and oxygen atoms in total. The molecule has 0 fully saturated rings. The molecule has 0 saturated heterocycles. The van der Waals surface area contributed by atoms with Gasteiger partial charge >= 0.3 is 8.56 Å². The van der Waals surface area contributed by atoms with E-state index in [2.05, 4.69) is 73.3 Å². The van der Waals surface area contributed by atoms with Gasteiger partial charge in [0.1, 0.15) is 0 Å². The minimum Gasteiger partial charge on any atom is -0.394 e. The number of rotatable bonds is 3. The summed E-state index contributed by atoms with van der Waals surface area (Å²) < 4.78 is 11.7. The minimum absolute atomic E-state index is 1.19. The lowest BCUT2D eigenvalue weighted by Crippen LogP contribution is -2.49. The topological polar surface area (TPSA) is 18.5 Å². The molecule has 0 aliphatic carbocycles. The molecule has 0 heterocycles. The molecule has 0 radical (unpaired) electrons. The van der Waals surface area contributed by atoms with Crippen molar-refractivity contribution in [3.8, 4) is 0 Å². The fourth-order valence-electron chi connectivity index (χ4n) is 4.34. The Bertz CT molecular complexity index is 1220. The van der Waals surface area contributed by atoms with Crippen molar-refractivity contribution in [1.29, 1.82) is 0 Å². The van der Waals surface area contributed by atoms with Crippen LogP contribution in [0.25, 0.3) is 43.1 Å². The van der Waals surface area contributed by atoms with Crippen LogP contribution in [0.5, 0.6) is 0 Å². The molecule has 0 bridgehead atoms. The maximum absolute atomic E-state index is 5.86. The molecule has 3 heteroatoms. The third-order valence-corrected chi connectivity index (χ3v) is 8.77. The van der Waals surface area contributed by atoms with Crippen LogP contribution in [0, 0.1) is 0 Å². The molecule has 0 N–H and O–H groups in total. The van der Waals surface area contributed by atoms with Gasteiger partial charge in [-0.05, 0) is 49.6 Å². The lowest BCUT2D eigenvalue weighted by molar-refractivity contribution is 0.266. The summed E-state index contributed by atoms with van der Waals surface area (Å²) in [4.78, 5) is 0. The van der Waals surface area contributed by atoms with Crippen LogP contribution in [-0.4, -0.2) is 22.8 Å². The molecular weight excluding hydrogens is 336 g/mol. The average molecular weight is 356 g/mol. The van der Waals surface area contributed by atoms with E-state index < -0.39 is 8.56 Å². The van der Waals surface area contributed by atoms with Gasteiger partial charge in [-0.15, -0.1) is 0 Å². The Labute approximate surface area is 153 Å². The summed E-state index contributed by atoms with van der Waals surface area (Å²) in [5.74, 6) is 0. The Balaban J connectivity index is 2.07. The first-order chi connectivity index (χ1) is 12.7. The molecule has 0 atom stereocenters.